The molecule has 1 N–H and O–H groups in total. The normalized spacial score (nSPS) is 10.6. The summed E-state index contributed by atoms with van der Waals surface area (Å²) in [5.74, 6) is -2.64. The number of nitrogens with zero attached hydrogens (tertiary/aromatic N) is 2. The molecule has 0 fully saturated rings. The first-order valence-corrected chi connectivity index (χ1v) is 9.60. The van der Waals surface area contributed by atoms with E-state index in [9.17, 15) is 18.4 Å². The summed E-state index contributed by atoms with van der Waals surface area (Å²) in [6.07, 6.45) is 0.220. The van der Waals surface area contributed by atoms with Crippen molar-refractivity contribution in [3.8, 4) is 0 Å². The van der Waals surface area contributed by atoms with E-state index in [4.69, 9.17) is 0 Å². The SMILES string of the molecule is O=C(Cc1ccccc1)Nc1nnc(SCC(=O)c2ccc(F)c(F)c2)s1. The Labute approximate surface area is 161 Å². The zero-order chi connectivity index (χ0) is 19.2. The highest BCUT2D eigenvalue weighted by atomic mass is 32.2. The van der Waals surface area contributed by atoms with Crippen LogP contribution in [0.1, 0.15) is 15.9 Å². The van der Waals surface area contributed by atoms with Crippen LogP contribution in [-0.2, 0) is 11.2 Å². The summed E-state index contributed by atoms with van der Waals surface area (Å²) in [7, 11) is 0. The Kier molecular flexibility index (Phi) is 6.25. The topological polar surface area (TPSA) is 72.0 Å². The number of hydrogen-bond donors (Lipinski definition) is 1. The number of amides is 1. The van der Waals surface area contributed by atoms with Gasteiger partial charge in [-0.3, -0.25) is 9.59 Å². The number of aromatic nitrogens is 2. The molecule has 0 saturated carbocycles. The lowest BCUT2D eigenvalue weighted by molar-refractivity contribution is -0.115. The number of carbonyl (C=O) groups excluding carboxylic acids is 2. The predicted molar refractivity (Wildman–Crippen MR) is 100 cm³/mol. The molecule has 0 aliphatic carbocycles. The van der Waals surface area contributed by atoms with Crippen LogP contribution in [0.3, 0.4) is 0 Å². The fourth-order valence-corrected chi connectivity index (χ4v) is 3.81. The van der Waals surface area contributed by atoms with Crippen LogP contribution in [-0.4, -0.2) is 27.6 Å². The second-order valence-corrected chi connectivity index (χ2v) is 7.62. The molecular formula is C18H13F2N3O2S2. The average Bonchev–Trinajstić information content (AvgIpc) is 3.10. The fraction of sp³-hybridized carbons (Fsp3) is 0.111. The highest BCUT2D eigenvalue weighted by molar-refractivity contribution is 8.01. The van der Waals surface area contributed by atoms with Gasteiger partial charge in [0, 0.05) is 5.56 Å². The van der Waals surface area contributed by atoms with Gasteiger partial charge in [0.05, 0.1) is 12.2 Å². The third-order valence-corrected chi connectivity index (χ3v) is 5.40. The molecule has 0 aliphatic heterocycles. The maximum absolute atomic E-state index is 13.2. The van der Waals surface area contributed by atoms with E-state index < -0.39 is 11.6 Å². The Morgan fingerprint density at radius 3 is 2.56 bits per heavy atom. The van der Waals surface area contributed by atoms with Crippen LogP contribution in [0.25, 0.3) is 0 Å². The van der Waals surface area contributed by atoms with Gasteiger partial charge in [-0.15, -0.1) is 10.2 Å². The lowest BCUT2D eigenvalue weighted by Gasteiger charge is -2.01. The number of Topliss-reactive ketones (excluding diaryl/α,β-unsaturated/α-hetero) is 1. The summed E-state index contributed by atoms with van der Waals surface area (Å²) in [6.45, 7) is 0. The van der Waals surface area contributed by atoms with E-state index in [1.54, 1.807) is 0 Å². The molecule has 0 spiro atoms. The number of carbonyl (C=O) groups is 2. The van der Waals surface area contributed by atoms with Gasteiger partial charge in [0.25, 0.3) is 0 Å². The van der Waals surface area contributed by atoms with Crippen molar-refractivity contribution in [3.05, 3.63) is 71.3 Å². The second kappa shape index (κ2) is 8.83. The van der Waals surface area contributed by atoms with Gasteiger partial charge < -0.3 is 5.32 Å². The van der Waals surface area contributed by atoms with Crippen molar-refractivity contribution in [2.45, 2.75) is 10.8 Å². The minimum atomic E-state index is -1.06. The second-order valence-electron chi connectivity index (χ2n) is 5.42. The van der Waals surface area contributed by atoms with Crippen molar-refractivity contribution >= 4 is 39.9 Å². The van der Waals surface area contributed by atoms with Gasteiger partial charge >= 0.3 is 0 Å². The summed E-state index contributed by atoms with van der Waals surface area (Å²) in [5, 5.41) is 10.8. The monoisotopic (exact) mass is 405 g/mol. The van der Waals surface area contributed by atoms with Gasteiger partial charge in [-0.2, -0.15) is 0 Å². The lowest BCUT2D eigenvalue weighted by Crippen LogP contribution is -2.14. The van der Waals surface area contributed by atoms with E-state index in [0.29, 0.717) is 9.47 Å². The molecule has 3 rings (SSSR count). The van der Waals surface area contributed by atoms with Crippen LogP contribution < -0.4 is 5.32 Å². The molecule has 27 heavy (non-hydrogen) atoms. The summed E-state index contributed by atoms with van der Waals surface area (Å²) in [5.41, 5.74) is 0.966. The molecular weight excluding hydrogens is 392 g/mol. The average molecular weight is 405 g/mol. The Bertz CT molecular complexity index is 964. The van der Waals surface area contributed by atoms with E-state index in [-0.39, 0.29) is 29.4 Å². The number of hydrogen-bond acceptors (Lipinski definition) is 6. The number of halogens is 2. The number of benzene rings is 2. The largest absolute Gasteiger partial charge is 0.300 e. The molecule has 0 saturated heterocycles. The van der Waals surface area contributed by atoms with Crippen molar-refractivity contribution in [2.24, 2.45) is 0 Å². The van der Waals surface area contributed by atoms with E-state index in [1.165, 1.54) is 6.07 Å². The van der Waals surface area contributed by atoms with E-state index >= 15 is 0 Å². The molecule has 1 aromatic heterocycles. The molecule has 0 bridgehead atoms. The Morgan fingerprint density at radius 1 is 1.04 bits per heavy atom. The minimum absolute atomic E-state index is 0.00231. The molecule has 9 heteroatoms. The van der Waals surface area contributed by atoms with E-state index in [1.807, 2.05) is 30.3 Å². The number of rotatable bonds is 7. The van der Waals surface area contributed by atoms with Crippen LogP contribution in [0, 0.1) is 11.6 Å². The highest BCUT2D eigenvalue weighted by Gasteiger charge is 2.13. The summed E-state index contributed by atoms with van der Waals surface area (Å²) in [4.78, 5) is 24.0. The number of thioether (sulfide) groups is 1. The first-order chi connectivity index (χ1) is 13.0. The van der Waals surface area contributed by atoms with Crippen LogP contribution in [0.15, 0.2) is 52.9 Å². The summed E-state index contributed by atoms with van der Waals surface area (Å²) in [6, 6.07) is 12.3. The third kappa shape index (κ3) is 5.41. The standard InChI is InChI=1S/C18H13F2N3O2S2/c19-13-7-6-12(9-14(13)20)15(24)10-26-18-23-22-17(27-18)21-16(25)8-11-4-2-1-3-5-11/h1-7,9H,8,10H2,(H,21,22,25). The number of nitrogens with one attached hydrogen (secondary N) is 1. The minimum Gasteiger partial charge on any atom is -0.300 e. The van der Waals surface area contributed by atoms with Gasteiger partial charge in [-0.1, -0.05) is 53.4 Å². The highest BCUT2D eigenvalue weighted by Crippen LogP contribution is 2.26. The van der Waals surface area contributed by atoms with E-state index in [2.05, 4.69) is 15.5 Å². The summed E-state index contributed by atoms with van der Waals surface area (Å²) >= 11 is 2.25. The molecule has 1 amide bonds. The summed E-state index contributed by atoms with van der Waals surface area (Å²) < 4.78 is 26.6. The molecule has 3 aromatic rings. The maximum atomic E-state index is 13.2. The first-order valence-electron chi connectivity index (χ1n) is 7.79. The molecule has 0 aliphatic rings. The van der Waals surface area contributed by atoms with Gasteiger partial charge in [-0.25, -0.2) is 8.78 Å². The molecule has 5 nitrogen and oxygen atoms in total. The quantitative estimate of drug-likeness (QED) is 0.366. The Hall–Kier alpha value is -2.65. The van der Waals surface area contributed by atoms with Crippen molar-refractivity contribution in [1.29, 1.82) is 0 Å². The van der Waals surface area contributed by atoms with Gasteiger partial charge in [-0.05, 0) is 23.8 Å². The van der Waals surface area contributed by atoms with Gasteiger partial charge in [0.15, 0.2) is 21.8 Å². The Morgan fingerprint density at radius 2 is 1.81 bits per heavy atom. The Balaban J connectivity index is 1.52. The molecule has 2 aromatic carbocycles. The van der Waals surface area contributed by atoms with Crippen LogP contribution in [0.5, 0.6) is 0 Å². The maximum Gasteiger partial charge on any atom is 0.230 e. The van der Waals surface area contributed by atoms with Crippen LogP contribution in [0.4, 0.5) is 13.9 Å². The predicted octanol–water partition coefficient (Wildman–Crippen LogP) is 3.97. The first kappa shape index (κ1) is 19.1. The molecule has 138 valence electrons. The molecule has 0 atom stereocenters. The fourth-order valence-electron chi connectivity index (χ4n) is 2.14. The molecule has 0 unspecified atom stereocenters. The van der Waals surface area contributed by atoms with Crippen LogP contribution in [0.2, 0.25) is 0 Å². The van der Waals surface area contributed by atoms with Gasteiger partial charge in [0.2, 0.25) is 11.0 Å². The van der Waals surface area contributed by atoms with E-state index in [0.717, 1.165) is 40.8 Å². The lowest BCUT2D eigenvalue weighted by atomic mass is 10.1. The van der Waals surface area contributed by atoms with Crippen molar-refractivity contribution in [1.82, 2.24) is 10.2 Å². The van der Waals surface area contributed by atoms with Crippen molar-refractivity contribution in [2.75, 3.05) is 11.1 Å². The number of anilines is 1. The molecule has 1 heterocycles. The smallest absolute Gasteiger partial charge is 0.230 e. The van der Waals surface area contributed by atoms with Crippen LogP contribution >= 0.6 is 23.1 Å². The zero-order valence-electron chi connectivity index (χ0n) is 13.8. The zero-order valence-corrected chi connectivity index (χ0v) is 15.4. The third-order valence-electron chi connectivity index (χ3n) is 3.43. The van der Waals surface area contributed by atoms with Crippen molar-refractivity contribution < 1.29 is 18.4 Å². The van der Waals surface area contributed by atoms with Crippen molar-refractivity contribution in [3.63, 3.8) is 0 Å². The van der Waals surface area contributed by atoms with Gasteiger partial charge in [0.1, 0.15) is 0 Å². The molecule has 0 radical (unpaired) electrons. The number of ketones is 1.